The number of aromatic nitrogens is 2. The zero-order valence-corrected chi connectivity index (χ0v) is 15.4. The lowest BCUT2D eigenvalue weighted by molar-refractivity contribution is -0.128. The molecule has 1 aliphatic carbocycles. The number of nitrogens with zero attached hydrogens (tertiary/aromatic N) is 3. The van der Waals surface area contributed by atoms with E-state index in [4.69, 9.17) is 0 Å². The smallest absolute Gasteiger partial charge is 0.256 e. The van der Waals surface area contributed by atoms with Gasteiger partial charge in [-0.15, -0.1) is 0 Å². The van der Waals surface area contributed by atoms with Crippen LogP contribution in [0, 0.1) is 0 Å². The van der Waals surface area contributed by atoms with E-state index < -0.39 is 0 Å². The average molecular weight is 364 g/mol. The maximum atomic E-state index is 12.5. The van der Waals surface area contributed by atoms with Crippen molar-refractivity contribution >= 4 is 17.6 Å². The van der Waals surface area contributed by atoms with Crippen molar-refractivity contribution in [2.24, 2.45) is 0 Å². The maximum Gasteiger partial charge on any atom is 0.256 e. The highest BCUT2D eigenvalue weighted by atomic mass is 16.2. The molecular formula is C21H24N4O2. The van der Waals surface area contributed by atoms with Gasteiger partial charge in [0.2, 0.25) is 5.91 Å². The van der Waals surface area contributed by atoms with Gasteiger partial charge in [-0.25, -0.2) is 9.97 Å². The molecular weight excluding hydrogens is 340 g/mol. The van der Waals surface area contributed by atoms with E-state index in [1.807, 2.05) is 17.0 Å². The number of benzene rings is 1. The molecule has 1 aliphatic heterocycles. The highest BCUT2D eigenvalue weighted by Gasteiger charge is 2.21. The monoisotopic (exact) mass is 364 g/mol. The number of hydrogen-bond acceptors (Lipinski definition) is 4. The number of rotatable bonds is 5. The molecule has 1 aromatic heterocycles. The molecule has 0 unspecified atom stereocenters. The van der Waals surface area contributed by atoms with Gasteiger partial charge in [-0.3, -0.25) is 9.59 Å². The van der Waals surface area contributed by atoms with E-state index in [0.717, 1.165) is 37.2 Å². The highest BCUT2D eigenvalue weighted by molar-refractivity contribution is 6.03. The molecule has 0 bridgehead atoms. The van der Waals surface area contributed by atoms with Crippen molar-refractivity contribution in [3.05, 3.63) is 53.5 Å². The van der Waals surface area contributed by atoms with Crippen LogP contribution in [0.25, 0.3) is 0 Å². The lowest BCUT2D eigenvalue weighted by Gasteiger charge is -2.15. The molecule has 6 heteroatoms. The third kappa shape index (κ3) is 4.15. The fourth-order valence-electron chi connectivity index (χ4n) is 3.87. The number of likely N-dealkylation sites (tertiary alicyclic amines) is 1. The fraction of sp³-hybridized carbons (Fsp3) is 0.429. The Morgan fingerprint density at radius 3 is 2.59 bits per heavy atom. The summed E-state index contributed by atoms with van der Waals surface area (Å²) < 4.78 is 0. The van der Waals surface area contributed by atoms with Crippen molar-refractivity contribution in [3.8, 4) is 0 Å². The Morgan fingerprint density at radius 1 is 1.11 bits per heavy atom. The number of nitrogens with one attached hydrogen (secondary N) is 1. The first-order chi connectivity index (χ1) is 13.2. The Labute approximate surface area is 159 Å². The molecule has 1 saturated carbocycles. The first-order valence-corrected chi connectivity index (χ1v) is 9.70. The van der Waals surface area contributed by atoms with E-state index in [0.29, 0.717) is 30.3 Å². The zero-order valence-electron chi connectivity index (χ0n) is 15.4. The molecule has 2 fully saturated rings. The number of carbonyl (C=O) groups excluding carboxylic acids is 2. The Morgan fingerprint density at radius 2 is 1.89 bits per heavy atom. The van der Waals surface area contributed by atoms with Crippen molar-refractivity contribution in [1.29, 1.82) is 0 Å². The summed E-state index contributed by atoms with van der Waals surface area (Å²) in [5, 5.41) is 2.87. The van der Waals surface area contributed by atoms with E-state index >= 15 is 0 Å². The second-order valence-electron chi connectivity index (χ2n) is 7.35. The summed E-state index contributed by atoms with van der Waals surface area (Å²) in [5.41, 5.74) is 1.61. The SMILES string of the molecule is O=C(Nc1ccnc(C2CCCC2)n1)c1ccc(CN2CCCC2=O)cc1. The molecule has 1 aromatic carbocycles. The second kappa shape index (κ2) is 7.86. The normalized spacial score (nSPS) is 17.5. The predicted octanol–water partition coefficient (Wildman–Crippen LogP) is 3.51. The lowest BCUT2D eigenvalue weighted by Crippen LogP contribution is -2.23. The van der Waals surface area contributed by atoms with E-state index in [9.17, 15) is 9.59 Å². The van der Waals surface area contributed by atoms with E-state index in [1.165, 1.54) is 12.8 Å². The summed E-state index contributed by atoms with van der Waals surface area (Å²) in [6.07, 6.45) is 7.98. The van der Waals surface area contributed by atoms with E-state index in [2.05, 4.69) is 15.3 Å². The number of amides is 2. The van der Waals surface area contributed by atoms with Gasteiger partial charge < -0.3 is 10.2 Å². The number of hydrogen-bond donors (Lipinski definition) is 1. The fourth-order valence-corrected chi connectivity index (χ4v) is 3.87. The summed E-state index contributed by atoms with van der Waals surface area (Å²) in [4.78, 5) is 35.0. The van der Waals surface area contributed by atoms with Gasteiger partial charge in [0.25, 0.3) is 5.91 Å². The van der Waals surface area contributed by atoms with Crippen molar-refractivity contribution in [1.82, 2.24) is 14.9 Å². The molecule has 2 heterocycles. The van der Waals surface area contributed by atoms with Crippen molar-refractivity contribution in [3.63, 3.8) is 0 Å². The third-order valence-electron chi connectivity index (χ3n) is 5.40. The summed E-state index contributed by atoms with van der Waals surface area (Å²) in [7, 11) is 0. The van der Waals surface area contributed by atoms with E-state index in [-0.39, 0.29) is 11.8 Å². The molecule has 4 rings (SSSR count). The molecule has 2 aromatic rings. The zero-order chi connectivity index (χ0) is 18.6. The first kappa shape index (κ1) is 17.6. The molecule has 6 nitrogen and oxygen atoms in total. The van der Waals surface area contributed by atoms with Crippen LogP contribution in [0.15, 0.2) is 36.5 Å². The van der Waals surface area contributed by atoms with Crippen LogP contribution in [0.1, 0.15) is 66.2 Å². The average Bonchev–Trinajstić information content (AvgIpc) is 3.35. The van der Waals surface area contributed by atoms with E-state index in [1.54, 1.807) is 24.4 Å². The maximum absolute atomic E-state index is 12.5. The molecule has 27 heavy (non-hydrogen) atoms. The van der Waals surface area contributed by atoms with Gasteiger partial charge in [0.15, 0.2) is 0 Å². The number of anilines is 1. The number of carbonyl (C=O) groups is 2. The molecule has 0 atom stereocenters. The van der Waals surface area contributed by atoms with Crippen LogP contribution in [0.4, 0.5) is 5.82 Å². The predicted molar refractivity (Wildman–Crippen MR) is 102 cm³/mol. The molecule has 140 valence electrons. The summed E-state index contributed by atoms with van der Waals surface area (Å²) in [6, 6.07) is 9.13. The largest absolute Gasteiger partial charge is 0.338 e. The van der Waals surface area contributed by atoms with Crippen LogP contribution in [0.3, 0.4) is 0 Å². The van der Waals surface area contributed by atoms with Gasteiger partial charge in [-0.2, -0.15) is 0 Å². The molecule has 1 saturated heterocycles. The molecule has 2 aliphatic rings. The van der Waals surface area contributed by atoms with Crippen molar-refractivity contribution in [2.45, 2.75) is 51.0 Å². The summed E-state index contributed by atoms with van der Waals surface area (Å²) in [6.45, 7) is 1.43. The quantitative estimate of drug-likeness (QED) is 0.881. The van der Waals surface area contributed by atoms with Crippen LogP contribution < -0.4 is 5.32 Å². The van der Waals surface area contributed by atoms with Crippen LogP contribution in [0.5, 0.6) is 0 Å². The Kier molecular flexibility index (Phi) is 5.14. The minimum Gasteiger partial charge on any atom is -0.338 e. The van der Waals surface area contributed by atoms with Gasteiger partial charge in [-0.1, -0.05) is 25.0 Å². The Hall–Kier alpha value is -2.76. The van der Waals surface area contributed by atoms with Crippen molar-refractivity contribution in [2.75, 3.05) is 11.9 Å². The topological polar surface area (TPSA) is 75.2 Å². The van der Waals surface area contributed by atoms with Crippen LogP contribution in [-0.4, -0.2) is 33.2 Å². The highest BCUT2D eigenvalue weighted by Crippen LogP contribution is 2.32. The lowest BCUT2D eigenvalue weighted by atomic mass is 10.1. The van der Waals surface area contributed by atoms with Crippen LogP contribution >= 0.6 is 0 Å². The Bertz CT molecular complexity index is 828. The van der Waals surface area contributed by atoms with Crippen molar-refractivity contribution < 1.29 is 9.59 Å². The second-order valence-corrected chi connectivity index (χ2v) is 7.35. The van der Waals surface area contributed by atoms with Gasteiger partial charge in [0, 0.05) is 37.2 Å². The summed E-state index contributed by atoms with van der Waals surface area (Å²) in [5.74, 6) is 1.81. The standard InChI is InChI=1S/C21H24N4O2/c26-19-6-3-13-25(19)14-15-7-9-17(10-8-15)21(27)24-18-11-12-22-20(23-18)16-4-1-2-5-16/h7-12,16H,1-6,13-14H2,(H,22,23,24,27). The van der Waals surface area contributed by atoms with Gasteiger partial charge >= 0.3 is 0 Å². The third-order valence-corrected chi connectivity index (χ3v) is 5.40. The first-order valence-electron chi connectivity index (χ1n) is 9.70. The summed E-state index contributed by atoms with van der Waals surface area (Å²) >= 11 is 0. The van der Waals surface area contributed by atoms with Gasteiger partial charge in [0.1, 0.15) is 11.6 Å². The molecule has 0 radical (unpaired) electrons. The van der Waals surface area contributed by atoms with Crippen LogP contribution in [-0.2, 0) is 11.3 Å². The van der Waals surface area contributed by atoms with Gasteiger partial charge in [0.05, 0.1) is 0 Å². The molecule has 1 N–H and O–H groups in total. The molecule has 2 amide bonds. The Balaban J connectivity index is 1.39. The van der Waals surface area contributed by atoms with Crippen LogP contribution in [0.2, 0.25) is 0 Å². The van der Waals surface area contributed by atoms with Gasteiger partial charge in [-0.05, 0) is 43.0 Å². The minimum absolute atomic E-state index is 0.185. The minimum atomic E-state index is -0.185. The molecule has 0 spiro atoms.